The van der Waals surface area contributed by atoms with Crippen LogP contribution in [0, 0.1) is 6.92 Å². The third-order valence-electron chi connectivity index (χ3n) is 3.49. The fourth-order valence-corrected chi connectivity index (χ4v) is 2.71. The first-order valence-electron chi connectivity index (χ1n) is 7.00. The van der Waals surface area contributed by atoms with Crippen molar-refractivity contribution in [3.63, 3.8) is 0 Å². The van der Waals surface area contributed by atoms with Crippen molar-refractivity contribution < 1.29 is 13.6 Å². The van der Waals surface area contributed by atoms with E-state index in [1.807, 2.05) is 19.1 Å². The summed E-state index contributed by atoms with van der Waals surface area (Å²) in [7, 11) is 0. The zero-order valence-corrected chi connectivity index (χ0v) is 12.1. The van der Waals surface area contributed by atoms with Gasteiger partial charge in [-0.05, 0) is 32.9 Å². The lowest BCUT2D eigenvalue weighted by molar-refractivity contribution is -0.0708. The van der Waals surface area contributed by atoms with Crippen LogP contribution in [0.3, 0.4) is 0 Å². The Kier molecular flexibility index (Phi) is 3.63. The Labute approximate surface area is 118 Å². The normalized spacial score (nSPS) is 24.1. The predicted molar refractivity (Wildman–Crippen MR) is 74.2 cm³/mol. The van der Waals surface area contributed by atoms with Gasteiger partial charge in [0.1, 0.15) is 5.76 Å². The van der Waals surface area contributed by atoms with Gasteiger partial charge in [-0.15, -0.1) is 0 Å². The second-order valence-corrected chi connectivity index (χ2v) is 5.45. The second-order valence-electron chi connectivity index (χ2n) is 5.45. The van der Waals surface area contributed by atoms with Gasteiger partial charge >= 0.3 is 0 Å². The van der Waals surface area contributed by atoms with Gasteiger partial charge in [-0.1, -0.05) is 0 Å². The average Bonchev–Trinajstić information content (AvgIpc) is 2.98. The Bertz CT molecular complexity index is 552. The fraction of sp³-hybridized carbons (Fsp3) is 0.533. The van der Waals surface area contributed by atoms with Crippen molar-refractivity contribution in [1.82, 2.24) is 9.88 Å². The Balaban J connectivity index is 1.74. The molecule has 0 bridgehead atoms. The summed E-state index contributed by atoms with van der Waals surface area (Å²) >= 11 is 0. The van der Waals surface area contributed by atoms with Gasteiger partial charge < -0.3 is 13.6 Å². The third-order valence-corrected chi connectivity index (χ3v) is 3.49. The van der Waals surface area contributed by atoms with Gasteiger partial charge in [-0.25, -0.2) is 4.98 Å². The number of aryl methyl sites for hydroxylation is 1. The molecule has 2 aromatic heterocycles. The molecule has 0 amide bonds. The van der Waals surface area contributed by atoms with Crippen molar-refractivity contribution in [3.05, 3.63) is 29.9 Å². The van der Waals surface area contributed by atoms with E-state index in [-0.39, 0.29) is 12.2 Å². The largest absolute Gasteiger partial charge is 0.459 e. The third kappa shape index (κ3) is 2.78. The minimum Gasteiger partial charge on any atom is -0.459 e. The van der Waals surface area contributed by atoms with E-state index in [4.69, 9.17) is 13.6 Å². The van der Waals surface area contributed by atoms with Crippen LogP contribution in [0.5, 0.6) is 0 Å². The number of aromatic nitrogens is 1. The van der Waals surface area contributed by atoms with E-state index >= 15 is 0 Å². The number of oxazole rings is 1. The van der Waals surface area contributed by atoms with E-state index in [2.05, 4.69) is 23.7 Å². The lowest BCUT2D eigenvalue weighted by atomic mass is 10.2. The summed E-state index contributed by atoms with van der Waals surface area (Å²) in [6.45, 7) is 8.79. The quantitative estimate of drug-likeness (QED) is 0.862. The molecule has 2 atom stereocenters. The van der Waals surface area contributed by atoms with Gasteiger partial charge in [0.05, 0.1) is 24.2 Å². The molecule has 0 saturated carbocycles. The van der Waals surface area contributed by atoms with Gasteiger partial charge in [0.15, 0.2) is 5.76 Å². The number of nitrogens with zero attached hydrogens (tertiary/aromatic N) is 2. The molecule has 3 rings (SSSR count). The summed E-state index contributed by atoms with van der Waals surface area (Å²) in [4.78, 5) is 6.91. The predicted octanol–water partition coefficient (Wildman–Crippen LogP) is 2.85. The average molecular weight is 276 g/mol. The maximum Gasteiger partial charge on any atom is 0.263 e. The molecule has 1 aliphatic rings. The van der Waals surface area contributed by atoms with Gasteiger partial charge in [0.25, 0.3) is 5.89 Å². The van der Waals surface area contributed by atoms with E-state index in [0.717, 1.165) is 31.1 Å². The van der Waals surface area contributed by atoms with Crippen LogP contribution in [0.25, 0.3) is 11.7 Å². The number of furan rings is 1. The zero-order valence-electron chi connectivity index (χ0n) is 12.1. The summed E-state index contributed by atoms with van der Waals surface area (Å²) in [5.74, 6) is 2.07. The van der Waals surface area contributed by atoms with Crippen LogP contribution in [-0.4, -0.2) is 35.2 Å². The summed E-state index contributed by atoms with van der Waals surface area (Å²) in [6.07, 6.45) is 2.14. The Hall–Kier alpha value is -1.59. The van der Waals surface area contributed by atoms with Crippen LogP contribution in [-0.2, 0) is 11.3 Å². The molecule has 3 heterocycles. The first kappa shape index (κ1) is 13.4. The molecular weight excluding hydrogens is 256 g/mol. The minimum absolute atomic E-state index is 0.260. The van der Waals surface area contributed by atoms with E-state index in [1.165, 1.54) is 0 Å². The molecule has 0 radical (unpaired) electrons. The molecule has 0 aliphatic carbocycles. The Morgan fingerprint density at radius 1 is 1.30 bits per heavy atom. The van der Waals surface area contributed by atoms with E-state index in [9.17, 15) is 0 Å². The molecule has 108 valence electrons. The molecule has 20 heavy (non-hydrogen) atoms. The fourth-order valence-electron chi connectivity index (χ4n) is 2.71. The van der Waals surface area contributed by atoms with Crippen molar-refractivity contribution in [1.29, 1.82) is 0 Å². The van der Waals surface area contributed by atoms with Crippen LogP contribution >= 0.6 is 0 Å². The maximum atomic E-state index is 5.75. The van der Waals surface area contributed by atoms with Crippen molar-refractivity contribution in [3.8, 4) is 11.7 Å². The van der Waals surface area contributed by atoms with E-state index < -0.39 is 0 Å². The molecule has 2 aromatic rings. The molecular formula is C15H20N2O3. The molecule has 1 fully saturated rings. The summed E-state index contributed by atoms with van der Waals surface area (Å²) in [6, 6.07) is 3.69. The number of ether oxygens (including phenoxy) is 1. The lowest BCUT2D eigenvalue weighted by Crippen LogP contribution is -2.44. The second kappa shape index (κ2) is 5.42. The SMILES string of the molecule is Cc1oc(-c2ccco2)nc1CN1C[C@@H](C)O[C@@H](C)C1. The lowest BCUT2D eigenvalue weighted by Gasteiger charge is -2.34. The first-order valence-corrected chi connectivity index (χ1v) is 7.00. The minimum atomic E-state index is 0.260. The maximum absolute atomic E-state index is 5.75. The molecule has 1 aliphatic heterocycles. The Morgan fingerprint density at radius 2 is 2.05 bits per heavy atom. The van der Waals surface area contributed by atoms with Gasteiger partial charge in [-0.2, -0.15) is 0 Å². The molecule has 0 N–H and O–H groups in total. The number of rotatable bonds is 3. The van der Waals surface area contributed by atoms with Crippen LogP contribution in [0.2, 0.25) is 0 Å². The van der Waals surface area contributed by atoms with Crippen LogP contribution < -0.4 is 0 Å². The standard InChI is InChI=1S/C15H20N2O3/c1-10-7-17(8-11(2)19-10)9-13-12(3)20-15(16-13)14-5-4-6-18-14/h4-6,10-11H,7-9H2,1-3H3/t10-,11+. The molecule has 1 saturated heterocycles. The number of hydrogen-bond donors (Lipinski definition) is 0. The number of hydrogen-bond acceptors (Lipinski definition) is 5. The molecule has 5 nitrogen and oxygen atoms in total. The smallest absolute Gasteiger partial charge is 0.263 e. The number of morpholine rings is 1. The van der Waals surface area contributed by atoms with Crippen LogP contribution in [0.15, 0.2) is 27.2 Å². The van der Waals surface area contributed by atoms with E-state index in [1.54, 1.807) is 6.26 Å². The highest BCUT2D eigenvalue weighted by atomic mass is 16.5. The molecule has 0 unspecified atom stereocenters. The summed E-state index contributed by atoms with van der Waals surface area (Å²) < 4.78 is 16.8. The van der Waals surface area contributed by atoms with Crippen LogP contribution in [0.4, 0.5) is 0 Å². The zero-order chi connectivity index (χ0) is 14.1. The Morgan fingerprint density at radius 3 is 2.70 bits per heavy atom. The van der Waals surface area contributed by atoms with Gasteiger partial charge in [0.2, 0.25) is 0 Å². The van der Waals surface area contributed by atoms with Crippen LogP contribution in [0.1, 0.15) is 25.3 Å². The summed E-state index contributed by atoms with van der Waals surface area (Å²) in [5, 5.41) is 0. The highest BCUT2D eigenvalue weighted by Crippen LogP contribution is 2.23. The first-order chi connectivity index (χ1) is 9.61. The topological polar surface area (TPSA) is 51.6 Å². The molecule has 0 spiro atoms. The summed E-state index contributed by atoms with van der Waals surface area (Å²) in [5.41, 5.74) is 0.970. The van der Waals surface area contributed by atoms with Crippen molar-refractivity contribution in [2.45, 2.75) is 39.5 Å². The highest BCUT2D eigenvalue weighted by Gasteiger charge is 2.24. The van der Waals surface area contributed by atoms with Crippen molar-refractivity contribution >= 4 is 0 Å². The van der Waals surface area contributed by atoms with Gasteiger partial charge in [0, 0.05) is 19.6 Å². The van der Waals surface area contributed by atoms with Gasteiger partial charge in [-0.3, -0.25) is 4.90 Å². The van der Waals surface area contributed by atoms with E-state index in [0.29, 0.717) is 11.7 Å². The highest BCUT2D eigenvalue weighted by molar-refractivity contribution is 5.44. The monoisotopic (exact) mass is 276 g/mol. The molecule has 5 heteroatoms. The van der Waals surface area contributed by atoms with Crippen molar-refractivity contribution in [2.75, 3.05) is 13.1 Å². The molecule has 0 aromatic carbocycles. The van der Waals surface area contributed by atoms with Crippen molar-refractivity contribution in [2.24, 2.45) is 0 Å².